The maximum atomic E-state index is 13.9. The van der Waals surface area contributed by atoms with Crippen LogP contribution in [0.25, 0.3) is 0 Å². The van der Waals surface area contributed by atoms with Crippen LogP contribution >= 0.6 is 0 Å². The number of hydrazone groups is 1. The summed E-state index contributed by atoms with van der Waals surface area (Å²) in [5.74, 6) is -1.17. The quantitative estimate of drug-likeness (QED) is 0.632. The molecule has 2 aliphatic heterocycles. The number of carbonyl (C=O) groups excluding carboxylic acids is 3. The molecule has 1 saturated heterocycles. The highest BCUT2D eigenvalue weighted by molar-refractivity contribution is 6.13. The first-order valence-electron chi connectivity index (χ1n) is 11.8. The summed E-state index contributed by atoms with van der Waals surface area (Å²) in [6, 6.07) is 18.9. The molecule has 2 aromatic rings. The lowest BCUT2D eigenvalue weighted by Gasteiger charge is -2.42. The lowest BCUT2D eigenvalue weighted by Crippen LogP contribution is -2.58. The zero-order valence-corrected chi connectivity index (χ0v) is 20.4. The van der Waals surface area contributed by atoms with Crippen molar-refractivity contribution in [2.24, 2.45) is 27.6 Å². The molecule has 2 atom stereocenters. The number of primary amides is 1. The summed E-state index contributed by atoms with van der Waals surface area (Å²) in [5.41, 5.74) is 5.44. The number of carbonyl (C=O) groups is 3. The molecular weight excluding hydrogens is 444 g/mol. The first kappa shape index (κ1) is 24.4. The van der Waals surface area contributed by atoms with Gasteiger partial charge in [0.1, 0.15) is 17.8 Å². The molecule has 2 aromatic carbocycles. The van der Waals surface area contributed by atoms with Crippen LogP contribution in [-0.2, 0) is 20.8 Å². The molecule has 2 N–H and O–H groups in total. The topological polar surface area (TPSA) is 105 Å². The number of nitrogens with two attached hydrogens (primary N) is 1. The first-order valence-corrected chi connectivity index (χ1v) is 11.8. The highest BCUT2D eigenvalue weighted by Gasteiger charge is 2.54. The first-order chi connectivity index (χ1) is 16.6. The number of likely N-dealkylation sites (tertiary alicyclic amines) is 1. The summed E-state index contributed by atoms with van der Waals surface area (Å²) in [7, 11) is 1.65. The number of hydrogen-bond donors (Lipinski definition) is 1. The van der Waals surface area contributed by atoms with E-state index in [0.717, 1.165) is 11.3 Å². The van der Waals surface area contributed by atoms with E-state index < -0.39 is 22.7 Å². The Balaban J connectivity index is 1.62. The molecule has 0 aliphatic carbocycles. The van der Waals surface area contributed by atoms with Crippen molar-refractivity contribution < 1.29 is 19.1 Å². The van der Waals surface area contributed by atoms with Gasteiger partial charge in [0.15, 0.2) is 0 Å². The van der Waals surface area contributed by atoms with Gasteiger partial charge in [0, 0.05) is 26.6 Å². The van der Waals surface area contributed by atoms with Gasteiger partial charge in [-0.25, -0.2) is 5.01 Å². The molecule has 2 heterocycles. The minimum atomic E-state index is -1.15. The van der Waals surface area contributed by atoms with Crippen LogP contribution in [0.15, 0.2) is 65.8 Å². The predicted octanol–water partition coefficient (Wildman–Crippen LogP) is 2.48. The van der Waals surface area contributed by atoms with Crippen LogP contribution < -0.4 is 10.5 Å². The highest BCUT2D eigenvalue weighted by Crippen LogP contribution is 2.39. The van der Waals surface area contributed by atoms with Crippen molar-refractivity contribution in [3.05, 3.63) is 66.2 Å². The number of hydrogen-bond acceptors (Lipinski definition) is 5. The molecule has 2 aliphatic rings. The van der Waals surface area contributed by atoms with Crippen LogP contribution in [0.1, 0.15) is 25.8 Å². The minimum Gasteiger partial charge on any atom is -0.493 e. The van der Waals surface area contributed by atoms with Crippen molar-refractivity contribution in [1.82, 2.24) is 9.91 Å². The monoisotopic (exact) mass is 476 g/mol. The third-order valence-corrected chi connectivity index (χ3v) is 7.23. The third kappa shape index (κ3) is 4.65. The summed E-state index contributed by atoms with van der Waals surface area (Å²) in [5, 5.41) is 5.90. The van der Waals surface area contributed by atoms with E-state index in [2.05, 4.69) is 5.10 Å². The van der Waals surface area contributed by atoms with Gasteiger partial charge in [0.25, 0.3) is 5.91 Å². The number of ether oxygens (including phenoxy) is 1. The van der Waals surface area contributed by atoms with Gasteiger partial charge in [-0.3, -0.25) is 14.4 Å². The van der Waals surface area contributed by atoms with Crippen molar-refractivity contribution in [3.63, 3.8) is 0 Å². The maximum absolute atomic E-state index is 13.9. The van der Waals surface area contributed by atoms with Crippen LogP contribution in [0, 0.1) is 16.7 Å². The van der Waals surface area contributed by atoms with E-state index in [0.29, 0.717) is 25.1 Å². The molecule has 0 aromatic heterocycles. The zero-order chi connectivity index (χ0) is 25.2. The van der Waals surface area contributed by atoms with Gasteiger partial charge in [0.2, 0.25) is 11.8 Å². The summed E-state index contributed by atoms with van der Waals surface area (Å²) in [6.45, 7) is 3.93. The summed E-state index contributed by atoms with van der Waals surface area (Å²) in [4.78, 5) is 41.4. The van der Waals surface area contributed by atoms with Gasteiger partial charge in [-0.1, -0.05) is 62.4 Å². The molecule has 184 valence electrons. The SMILES string of the molecule is CN1N=C2CCN(C(=O)[C@@H](COc3ccccc3)C(C)(C)C(N)=O)C[C@@]2(Cc2ccccc2)C1=O. The number of amides is 3. The van der Waals surface area contributed by atoms with Crippen molar-refractivity contribution >= 4 is 23.4 Å². The largest absolute Gasteiger partial charge is 0.493 e. The van der Waals surface area contributed by atoms with Gasteiger partial charge in [-0.15, -0.1) is 0 Å². The van der Waals surface area contributed by atoms with Gasteiger partial charge in [-0.05, 0) is 24.1 Å². The molecule has 1 fully saturated rings. The van der Waals surface area contributed by atoms with E-state index in [-0.39, 0.29) is 25.0 Å². The highest BCUT2D eigenvalue weighted by atomic mass is 16.5. The second-order valence-corrected chi connectivity index (χ2v) is 9.89. The smallest absolute Gasteiger partial charge is 0.256 e. The average Bonchev–Trinajstić information content (AvgIpc) is 3.09. The molecule has 8 nitrogen and oxygen atoms in total. The molecule has 0 spiro atoms. The number of fused-ring (bicyclic) bond motifs is 1. The van der Waals surface area contributed by atoms with Gasteiger partial charge >= 0.3 is 0 Å². The fourth-order valence-electron chi connectivity index (χ4n) is 4.89. The van der Waals surface area contributed by atoms with E-state index in [1.165, 1.54) is 5.01 Å². The van der Waals surface area contributed by atoms with Gasteiger partial charge < -0.3 is 15.4 Å². The number of piperidine rings is 1. The second-order valence-electron chi connectivity index (χ2n) is 9.89. The maximum Gasteiger partial charge on any atom is 0.256 e. The third-order valence-electron chi connectivity index (χ3n) is 7.23. The molecule has 0 bridgehead atoms. The van der Waals surface area contributed by atoms with Crippen LogP contribution in [0.3, 0.4) is 0 Å². The van der Waals surface area contributed by atoms with Gasteiger partial charge in [-0.2, -0.15) is 5.10 Å². The predicted molar refractivity (Wildman–Crippen MR) is 132 cm³/mol. The molecule has 0 saturated carbocycles. The fourth-order valence-corrected chi connectivity index (χ4v) is 4.89. The summed E-state index contributed by atoms with van der Waals surface area (Å²) < 4.78 is 5.91. The molecule has 8 heteroatoms. The van der Waals surface area contributed by atoms with Gasteiger partial charge in [0.05, 0.1) is 17.0 Å². The van der Waals surface area contributed by atoms with Crippen molar-refractivity contribution in [2.45, 2.75) is 26.7 Å². The van der Waals surface area contributed by atoms with E-state index in [4.69, 9.17) is 10.5 Å². The Morgan fingerprint density at radius 3 is 2.37 bits per heavy atom. The molecule has 3 amide bonds. The Hall–Kier alpha value is -3.68. The van der Waals surface area contributed by atoms with E-state index in [1.807, 2.05) is 48.5 Å². The average molecular weight is 477 g/mol. The Morgan fingerprint density at radius 1 is 1.11 bits per heavy atom. The van der Waals surface area contributed by atoms with Crippen LogP contribution in [-0.4, -0.2) is 60.1 Å². The Kier molecular flexibility index (Phi) is 6.65. The van der Waals surface area contributed by atoms with Crippen LogP contribution in [0.2, 0.25) is 0 Å². The van der Waals surface area contributed by atoms with E-state index in [9.17, 15) is 14.4 Å². The second kappa shape index (κ2) is 9.52. The van der Waals surface area contributed by atoms with Crippen molar-refractivity contribution in [2.75, 3.05) is 26.7 Å². The van der Waals surface area contributed by atoms with E-state index >= 15 is 0 Å². The summed E-state index contributed by atoms with van der Waals surface area (Å²) in [6.07, 6.45) is 0.932. The minimum absolute atomic E-state index is 0.00420. The number of benzene rings is 2. The Morgan fingerprint density at radius 2 is 1.74 bits per heavy atom. The van der Waals surface area contributed by atoms with Crippen LogP contribution in [0.4, 0.5) is 0 Å². The Bertz CT molecular complexity index is 1130. The molecule has 0 radical (unpaired) electrons. The fraction of sp³-hybridized carbons (Fsp3) is 0.407. The molecular formula is C27H32N4O4. The molecule has 35 heavy (non-hydrogen) atoms. The van der Waals surface area contributed by atoms with Crippen LogP contribution in [0.5, 0.6) is 5.75 Å². The normalized spacial score (nSPS) is 20.8. The zero-order valence-electron chi connectivity index (χ0n) is 20.4. The number of nitrogens with zero attached hydrogens (tertiary/aromatic N) is 3. The standard InChI is InChI=1S/C27H32N4O4/c1-26(2,24(28)33)21(17-35-20-12-8-5-9-13-20)23(32)31-15-14-22-27(18-31,25(34)30(3)29-22)16-19-10-6-4-7-11-19/h4-13,21H,14-18H2,1-3H3,(H2,28,33)/t21-,27-/m1/s1. The summed E-state index contributed by atoms with van der Waals surface area (Å²) >= 11 is 0. The Labute approximate surface area is 205 Å². The van der Waals surface area contributed by atoms with E-state index in [1.54, 1.807) is 37.9 Å². The molecule has 0 unspecified atom stereocenters. The molecule has 4 rings (SSSR count). The number of rotatable bonds is 8. The van der Waals surface area contributed by atoms with Crippen molar-refractivity contribution in [3.8, 4) is 5.75 Å². The number of para-hydroxylation sites is 1. The lowest BCUT2D eigenvalue weighted by molar-refractivity contribution is -0.149. The lowest BCUT2D eigenvalue weighted by atomic mass is 9.72. The van der Waals surface area contributed by atoms with Crippen molar-refractivity contribution in [1.29, 1.82) is 0 Å².